The summed E-state index contributed by atoms with van der Waals surface area (Å²) in [5.41, 5.74) is 3.25. The number of benzene rings is 1. The van der Waals surface area contributed by atoms with Gasteiger partial charge in [0.1, 0.15) is 0 Å². The number of piperidine rings is 1. The molecule has 0 unspecified atom stereocenters. The number of para-hydroxylation sites is 2. The van der Waals surface area contributed by atoms with Crippen molar-refractivity contribution in [3.05, 3.63) is 40.1 Å². The highest BCUT2D eigenvalue weighted by Crippen LogP contribution is 2.30. The maximum absolute atomic E-state index is 12.7. The van der Waals surface area contributed by atoms with Crippen molar-refractivity contribution in [2.45, 2.75) is 39.0 Å². The van der Waals surface area contributed by atoms with Gasteiger partial charge in [0.05, 0.1) is 21.5 Å². The minimum Gasteiger partial charge on any atom is -0.370 e. The van der Waals surface area contributed by atoms with Gasteiger partial charge in [0, 0.05) is 13.1 Å². The van der Waals surface area contributed by atoms with Crippen molar-refractivity contribution in [3.63, 3.8) is 0 Å². The highest BCUT2D eigenvalue weighted by molar-refractivity contribution is 9.10. The zero-order chi connectivity index (χ0) is 17.1. The number of hydrogen-bond acceptors (Lipinski definition) is 3. The molecule has 2 N–H and O–H groups in total. The number of aromatic nitrogens is 2. The Morgan fingerprint density at radius 3 is 2.62 bits per heavy atom. The topological polar surface area (TPSA) is 61.0 Å². The first-order valence-electron chi connectivity index (χ1n) is 8.47. The number of nitrogens with one attached hydrogen (secondary N) is 2. The Kier molecular flexibility index (Phi) is 5.23. The largest absolute Gasteiger partial charge is 0.370 e. The highest BCUT2D eigenvalue weighted by Gasteiger charge is 2.21. The van der Waals surface area contributed by atoms with Crippen LogP contribution in [0.3, 0.4) is 0 Å². The van der Waals surface area contributed by atoms with Crippen LogP contribution in [0.2, 0.25) is 0 Å². The van der Waals surface area contributed by atoms with Crippen LogP contribution in [0.1, 0.15) is 55.2 Å². The molecule has 1 aliphatic heterocycles. The number of carbonyl (C=O) groups is 1. The second-order valence-corrected chi connectivity index (χ2v) is 7.27. The second kappa shape index (κ2) is 7.38. The molecule has 1 aromatic heterocycles. The summed E-state index contributed by atoms with van der Waals surface area (Å²) < 4.78 is 0.741. The van der Waals surface area contributed by atoms with Crippen molar-refractivity contribution < 1.29 is 4.79 Å². The molecule has 3 rings (SSSR count). The molecule has 5 nitrogen and oxygen atoms in total. The van der Waals surface area contributed by atoms with Crippen molar-refractivity contribution in [2.24, 2.45) is 0 Å². The fourth-order valence-electron chi connectivity index (χ4n) is 3.05. The lowest BCUT2D eigenvalue weighted by Gasteiger charge is -2.30. The maximum atomic E-state index is 12.7. The Balaban J connectivity index is 1.82. The van der Waals surface area contributed by atoms with E-state index in [-0.39, 0.29) is 11.8 Å². The molecule has 2 heterocycles. The molecule has 0 bridgehead atoms. The number of hydrogen-bond donors (Lipinski definition) is 2. The lowest BCUT2D eigenvalue weighted by molar-refractivity contribution is 0.102. The monoisotopic (exact) mass is 390 g/mol. The van der Waals surface area contributed by atoms with E-state index in [0.29, 0.717) is 5.69 Å². The van der Waals surface area contributed by atoms with Crippen molar-refractivity contribution in [2.75, 3.05) is 23.3 Å². The SMILES string of the molecule is CC(C)c1[nH]nc(C(=O)Nc2ccccc2N2CCCCC2)c1Br. The lowest BCUT2D eigenvalue weighted by Crippen LogP contribution is -2.30. The van der Waals surface area contributed by atoms with Crippen LogP contribution in [0.5, 0.6) is 0 Å². The van der Waals surface area contributed by atoms with E-state index >= 15 is 0 Å². The number of aromatic amines is 1. The van der Waals surface area contributed by atoms with E-state index in [0.717, 1.165) is 34.6 Å². The van der Waals surface area contributed by atoms with Gasteiger partial charge in [0.2, 0.25) is 0 Å². The molecule has 0 spiro atoms. The Morgan fingerprint density at radius 1 is 1.25 bits per heavy atom. The normalized spacial score (nSPS) is 14.9. The maximum Gasteiger partial charge on any atom is 0.277 e. The molecule has 1 aliphatic rings. The molecular weight excluding hydrogens is 368 g/mol. The van der Waals surface area contributed by atoms with Crippen LogP contribution < -0.4 is 10.2 Å². The first-order valence-corrected chi connectivity index (χ1v) is 9.26. The van der Waals surface area contributed by atoms with Gasteiger partial charge in [-0.3, -0.25) is 9.89 Å². The van der Waals surface area contributed by atoms with Crippen molar-refractivity contribution in [3.8, 4) is 0 Å². The third kappa shape index (κ3) is 3.48. The number of H-pyrrole nitrogens is 1. The first-order chi connectivity index (χ1) is 11.6. The summed E-state index contributed by atoms with van der Waals surface area (Å²) in [5, 5.41) is 10.2. The van der Waals surface area contributed by atoms with E-state index in [9.17, 15) is 4.79 Å². The summed E-state index contributed by atoms with van der Waals surface area (Å²) in [5.74, 6) is 0.0727. The summed E-state index contributed by atoms with van der Waals surface area (Å²) in [7, 11) is 0. The zero-order valence-corrected chi connectivity index (χ0v) is 15.7. The summed E-state index contributed by atoms with van der Waals surface area (Å²) in [6, 6.07) is 7.98. The number of amides is 1. The fraction of sp³-hybridized carbons (Fsp3) is 0.444. The zero-order valence-electron chi connectivity index (χ0n) is 14.1. The summed E-state index contributed by atoms with van der Waals surface area (Å²) in [6.07, 6.45) is 3.68. The van der Waals surface area contributed by atoms with Gasteiger partial charge in [-0.2, -0.15) is 5.10 Å². The first kappa shape index (κ1) is 17.0. The molecule has 6 heteroatoms. The van der Waals surface area contributed by atoms with Gasteiger partial charge in [-0.1, -0.05) is 26.0 Å². The Bertz CT molecular complexity index is 720. The molecule has 1 fully saturated rings. The molecule has 1 amide bonds. The van der Waals surface area contributed by atoms with Gasteiger partial charge in [0.25, 0.3) is 5.91 Å². The molecule has 24 heavy (non-hydrogen) atoms. The van der Waals surface area contributed by atoms with E-state index < -0.39 is 0 Å². The van der Waals surface area contributed by atoms with Crippen molar-refractivity contribution >= 4 is 33.2 Å². The van der Waals surface area contributed by atoms with E-state index in [2.05, 4.69) is 56.3 Å². The second-order valence-electron chi connectivity index (χ2n) is 6.47. The Morgan fingerprint density at radius 2 is 1.96 bits per heavy atom. The van der Waals surface area contributed by atoms with Crippen LogP contribution in [0.15, 0.2) is 28.7 Å². The molecule has 1 aromatic carbocycles. The molecule has 128 valence electrons. The lowest BCUT2D eigenvalue weighted by atomic mass is 10.1. The minimum atomic E-state index is -0.200. The summed E-state index contributed by atoms with van der Waals surface area (Å²) in [6.45, 7) is 6.20. The Hall–Kier alpha value is -1.82. The fourth-order valence-corrected chi connectivity index (χ4v) is 3.86. The third-order valence-corrected chi connectivity index (χ3v) is 5.18. The molecule has 0 saturated carbocycles. The summed E-state index contributed by atoms with van der Waals surface area (Å²) in [4.78, 5) is 15.0. The predicted octanol–water partition coefficient (Wildman–Crippen LogP) is 4.54. The van der Waals surface area contributed by atoms with Gasteiger partial charge in [-0.25, -0.2) is 0 Å². The van der Waals surface area contributed by atoms with Gasteiger partial charge < -0.3 is 10.2 Å². The highest BCUT2D eigenvalue weighted by atomic mass is 79.9. The molecule has 2 aromatic rings. The average Bonchev–Trinajstić information content (AvgIpc) is 2.98. The summed E-state index contributed by atoms with van der Waals surface area (Å²) >= 11 is 3.50. The number of halogens is 1. The van der Waals surface area contributed by atoms with Crippen LogP contribution in [0.25, 0.3) is 0 Å². The number of nitrogens with zero attached hydrogens (tertiary/aromatic N) is 2. The van der Waals surface area contributed by atoms with Crippen molar-refractivity contribution in [1.29, 1.82) is 0 Å². The molecule has 0 atom stereocenters. The van der Waals surface area contributed by atoms with E-state index in [1.54, 1.807) is 0 Å². The number of anilines is 2. The third-order valence-electron chi connectivity index (χ3n) is 4.37. The average molecular weight is 391 g/mol. The molecule has 1 saturated heterocycles. The van der Waals surface area contributed by atoms with Crippen LogP contribution in [-0.2, 0) is 0 Å². The van der Waals surface area contributed by atoms with Crippen LogP contribution in [-0.4, -0.2) is 29.2 Å². The van der Waals surface area contributed by atoms with Crippen LogP contribution in [0, 0.1) is 0 Å². The van der Waals surface area contributed by atoms with Crippen molar-refractivity contribution in [1.82, 2.24) is 10.2 Å². The van der Waals surface area contributed by atoms with Gasteiger partial charge in [-0.15, -0.1) is 0 Å². The predicted molar refractivity (Wildman–Crippen MR) is 101 cm³/mol. The van der Waals surface area contributed by atoms with E-state index in [1.165, 1.54) is 19.3 Å². The number of carbonyl (C=O) groups excluding carboxylic acids is 1. The molecular formula is C18H23BrN4O. The standard InChI is InChI=1S/C18H23BrN4O/c1-12(2)16-15(19)17(22-21-16)18(24)20-13-8-4-5-9-14(13)23-10-6-3-7-11-23/h4-5,8-9,12H,3,6-7,10-11H2,1-2H3,(H,20,24)(H,21,22). The minimum absolute atomic E-state index is 0.200. The molecule has 0 radical (unpaired) electrons. The van der Waals surface area contributed by atoms with Gasteiger partial charge >= 0.3 is 0 Å². The number of rotatable bonds is 4. The van der Waals surface area contributed by atoms with Crippen LogP contribution >= 0.6 is 15.9 Å². The van der Waals surface area contributed by atoms with E-state index in [1.807, 2.05) is 18.2 Å². The van der Waals surface area contributed by atoms with E-state index in [4.69, 9.17) is 0 Å². The smallest absolute Gasteiger partial charge is 0.277 e. The van der Waals surface area contributed by atoms with Gasteiger partial charge in [-0.05, 0) is 53.2 Å². The quantitative estimate of drug-likeness (QED) is 0.805. The molecule has 0 aliphatic carbocycles. The van der Waals surface area contributed by atoms with Crippen LogP contribution in [0.4, 0.5) is 11.4 Å². The Labute approximate surface area is 151 Å². The van der Waals surface area contributed by atoms with Gasteiger partial charge in [0.15, 0.2) is 5.69 Å².